The van der Waals surface area contributed by atoms with Crippen molar-refractivity contribution in [1.29, 1.82) is 0 Å². The van der Waals surface area contributed by atoms with E-state index in [0.717, 1.165) is 0 Å². The number of nitrogens with two attached hydrogens (primary N) is 1. The molecular weight excluding hydrogens is 190 g/mol. The van der Waals surface area contributed by atoms with Crippen LogP contribution < -0.4 is 10.2 Å². The first kappa shape index (κ1) is 8.22. The Balaban J connectivity index is 3.86. The second kappa shape index (κ2) is 4.13. The molecule has 0 atom stereocenters. The second-order valence-corrected chi connectivity index (χ2v) is 1.43. The Kier molecular flexibility index (Phi) is 3.78. The fraction of sp³-hybridized carbons (Fsp3) is 0.333. The van der Waals surface area contributed by atoms with Crippen LogP contribution in [0.2, 0.25) is 0 Å². The minimum Gasteiger partial charge on any atom is -0.463 e. The fourth-order valence-electron chi connectivity index (χ4n) is 0.196. The number of amidine groups is 1. The van der Waals surface area contributed by atoms with Crippen molar-refractivity contribution < 1.29 is 9.53 Å². The van der Waals surface area contributed by atoms with Crippen molar-refractivity contribution >= 4 is 28.0 Å². The number of ether oxygens (including phenoxy) is 1. The molecule has 0 aromatic rings. The maximum atomic E-state index is 10.4. The van der Waals surface area contributed by atoms with Gasteiger partial charge in [-0.1, -0.05) is 0 Å². The molecule has 0 radical (unpaired) electrons. The largest absolute Gasteiger partial charge is 0.463 e. The zero-order valence-electron chi connectivity index (χ0n) is 4.72. The lowest BCUT2D eigenvalue weighted by Gasteiger charge is -1.94. The van der Waals surface area contributed by atoms with Crippen LogP contribution in [0.15, 0.2) is 5.10 Å². The molecule has 0 saturated carbocycles. The number of carbonyl (C=O) groups excluding carboxylic acids is 1. The van der Waals surface area contributed by atoms with Crippen molar-refractivity contribution in [3.8, 4) is 0 Å². The first-order chi connectivity index (χ1) is 4.22. The zero-order valence-corrected chi connectivity index (χ0v) is 6.31. The summed E-state index contributed by atoms with van der Waals surface area (Å²) in [6.45, 7) is 0. The van der Waals surface area contributed by atoms with E-state index in [1.165, 1.54) is 7.11 Å². The molecule has 0 saturated heterocycles. The van der Waals surface area contributed by atoms with Gasteiger partial charge in [-0.2, -0.15) is 0 Å². The second-order valence-electron chi connectivity index (χ2n) is 1.07. The summed E-state index contributed by atoms with van der Waals surface area (Å²) >= 11 is 2.72. The summed E-state index contributed by atoms with van der Waals surface area (Å²) in [7, 11) is 1.22. The van der Waals surface area contributed by atoms with Crippen LogP contribution in [0.3, 0.4) is 0 Å². The van der Waals surface area contributed by atoms with E-state index in [1.54, 1.807) is 0 Å². The summed E-state index contributed by atoms with van der Waals surface area (Å²) in [5.74, 6) is -0.892. The number of esters is 1. The third-order valence-electron chi connectivity index (χ3n) is 0.557. The van der Waals surface area contributed by atoms with Gasteiger partial charge in [0.2, 0.25) is 5.84 Å². The van der Waals surface area contributed by atoms with E-state index in [2.05, 4.69) is 30.4 Å². The Morgan fingerprint density at radius 3 is 2.78 bits per heavy atom. The lowest BCUT2D eigenvalue weighted by Crippen LogP contribution is -2.26. The lowest BCUT2D eigenvalue weighted by molar-refractivity contribution is -0.132. The standard InChI is InChI=1S/C3H6BrN3O2/c1-9-3(8)2(5)6-7-4/h7H,1H3,(H2,5,6). The number of hydrogen-bond donors (Lipinski definition) is 2. The van der Waals surface area contributed by atoms with Crippen LogP contribution >= 0.6 is 16.1 Å². The Labute approximate surface area is 60.6 Å². The van der Waals surface area contributed by atoms with Crippen LogP contribution in [-0.2, 0) is 9.53 Å². The maximum Gasteiger partial charge on any atom is 0.375 e. The lowest BCUT2D eigenvalue weighted by atomic mass is 10.6. The number of hydrazone groups is 1. The molecule has 52 valence electrons. The number of rotatable bonds is 1. The van der Waals surface area contributed by atoms with Crippen LogP contribution in [0, 0.1) is 0 Å². The average Bonchev–Trinajstić information content (AvgIpc) is 1.87. The topological polar surface area (TPSA) is 76.7 Å². The summed E-state index contributed by atoms with van der Waals surface area (Å²) in [5.41, 5.74) is 5.02. The number of carbonyl (C=O) groups is 1. The van der Waals surface area contributed by atoms with E-state index in [0.29, 0.717) is 0 Å². The van der Waals surface area contributed by atoms with Crippen molar-refractivity contribution in [2.24, 2.45) is 10.8 Å². The molecule has 0 aromatic carbocycles. The van der Waals surface area contributed by atoms with Crippen molar-refractivity contribution in [2.45, 2.75) is 0 Å². The van der Waals surface area contributed by atoms with Crippen LogP contribution in [0.25, 0.3) is 0 Å². The van der Waals surface area contributed by atoms with E-state index < -0.39 is 5.97 Å². The molecule has 9 heavy (non-hydrogen) atoms. The van der Waals surface area contributed by atoms with Gasteiger partial charge in [0.15, 0.2) is 0 Å². The molecule has 0 spiro atoms. The van der Waals surface area contributed by atoms with Gasteiger partial charge in [0.1, 0.15) is 0 Å². The molecule has 0 unspecified atom stereocenters. The van der Waals surface area contributed by atoms with Gasteiger partial charge in [0.05, 0.1) is 23.3 Å². The quantitative estimate of drug-likeness (QED) is 0.192. The molecule has 0 aliphatic heterocycles. The molecule has 0 aromatic heterocycles. The molecule has 0 aliphatic rings. The van der Waals surface area contributed by atoms with Crippen LogP contribution in [-0.4, -0.2) is 18.9 Å². The fourth-order valence-corrected chi connectivity index (χ4v) is 0.387. The molecule has 0 aliphatic carbocycles. The summed E-state index contributed by atoms with van der Waals surface area (Å²) < 4.78 is 6.37. The summed E-state index contributed by atoms with van der Waals surface area (Å²) in [6.07, 6.45) is 0. The highest BCUT2D eigenvalue weighted by Gasteiger charge is 2.03. The summed E-state index contributed by atoms with van der Waals surface area (Å²) in [5, 5.41) is 3.28. The Morgan fingerprint density at radius 1 is 1.89 bits per heavy atom. The molecule has 0 rings (SSSR count). The van der Waals surface area contributed by atoms with Gasteiger partial charge < -0.3 is 10.5 Å². The number of halogens is 1. The number of methoxy groups -OCH3 is 1. The third kappa shape index (κ3) is 2.91. The maximum absolute atomic E-state index is 10.4. The molecule has 0 bridgehead atoms. The SMILES string of the molecule is COC(=O)/C(N)=N/NBr. The van der Waals surface area contributed by atoms with E-state index in [9.17, 15) is 4.79 Å². The van der Waals surface area contributed by atoms with Gasteiger partial charge in [-0.05, 0) is 0 Å². The van der Waals surface area contributed by atoms with Crippen molar-refractivity contribution in [1.82, 2.24) is 4.45 Å². The monoisotopic (exact) mass is 195 g/mol. The normalized spacial score (nSPS) is 10.7. The third-order valence-corrected chi connectivity index (χ3v) is 0.735. The minimum absolute atomic E-state index is 0.227. The summed E-state index contributed by atoms with van der Waals surface area (Å²) in [4.78, 5) is 10.4. The number of nitrogens with zero attached hydrogens (tertiary/aromatic N) is 1. The number of hydrogen-bond acceptors (Lipinski definition) is 4. The van der Waals surface area contributed by atoms with Crippen LogP contribution in [0.1, 0.15) is 0 Å². The van der Waals surface area contributed by atoms with Gasteiger partial charge in [-0.15, -0.1) is 5.10 Å². The highest BCUT2D eigenvalue weighted by Crippen LogP contribution is 1.74. The van der Waals surface area contributed by atoms with E-state index in [-0.39, 0.29) is 5.84 Å². The van der Waals surface area contributed by atoms with E-state index in [4.69, 9.17) is 5.73 Å². The van der Waals surface area contributed by atoms with Crippen LogP contribution in [0.4, 0.5) is 0 Å². The molecule has 5 nitrogen and oxygen atoms in total. The highest BCUT2D eigenvalue weighted by atomic mass is 79.9. The van der Waals surface area contributed by atoms with E-state index >= 15 is 0 Å². The Bertz CT molecular complexity index is 135. The van der Waals surface area contributed by atoms with Crippen molar-refractivity contribution in [3.63, 3.8) is 0 Å². The summed E-state index contributed by atoms with van der Waals surface area (Å²) in [6, 6.07) is 0. The predicted octanol–water partition coefficient (Wildman–Crippen LogP) is -0.669. The average molecular weight is 196 g/mol. The predicted molar refractivity (Wildman–Crippen MR) is 35.7 cm³/mol. The molecule has 0 heterocycles. The molecule has 6 heteroatoms. The van der Waals surface area contributed by atoms with Gasteiger partial charge in [-0.3, -0.25) is 0 Å². The molecule has 0 fully saturated rings. The van der Waals surface area contributed by atoms with E-state index in [1.807, 2.05) is 0 Å². The van der Waals surface area contributed by atoms with Crippen molar-refractivity contribution in [2.75, 3.05) is 7.11 Å². The van der Waals surface area contributed by atoms with Gasteiger partial charge in [-0.25, -0.2) is 9.25 Å². The van der Waals surface area contributed by atoms with Crippen molar-refractivity contribution in [3.05, 3.63) is 0 Å². The highest BCUT2D eigenvalue weighted by molar-refractivity contribution is 9.08. The van der Waals surface area contributed by atoms with Gasteiger partial charge in [0, 0.05) is 0 Å². The minimum atomic E-state index is -0.665. The number of nitrogens with one attached hydrogen (secondary N) is 1. The smallest absolute Gasteiger partial charge is 0.375 e. The first-order valence-electron chi connectivity index (χ1n) is 1.99. The molecule has 3 N–H and O–H groups in total. The van der Waals surface area contributed by atoms with Gasteiger partial charge >= 0.3 is 5.97 Å². The van der Waals surface area contributed by atoms with Gasteiger partial charge in [0.25, 0.3) is 0 Å². The first-order valence-corrected chi connectivity index (χ1v) is 2.78. The molecule has 0 amide bonds. The molecular formula is C3H6BrN3O2. The Morgan fingerprint density at radius 2 is 2.44 bits per heavy atom. The Hall–Kier alpha value is -0.780. The zero-order chi connectivity index (χ0) is 7.28. The van der Waals surface area contributed by atoms with Crippen LogP contribution in [0.5, 0.6) is 0 Å².